The van der Waals surface area contributed by atoms with Crippen molar-refractivity contribution in [1.29, 1.82) is 0 Å². The van der Waals surface area contributed by atoms with Crippen molar-refractivity contribution >= 4 is 0 Å². The lowest BCUT2D eigenvalue weighted by atomic mass is 9.95. The molecule has 31 nitrogen and oxygen atoms in total. The van der Waals surface area contributed by atoms with Gasteiger partial charge in [-0.3, -0.25) is 0 Å². The first-order valence-electron chi connectivity index (χ1n) is 26.5. The predicted octanol–water partition coefficient (Wildman–Crippen LogP) is -4.94. The van der Waals surface area contributed by atoms with Crippen LogP contribution in [0.3, 0.4) is 0 Å². The average Bonchev–Trinajstić information content (AvgIpc) is 3.55. The van der Waals surface area contributed by atoms with Crippen molar-refractivity contribution in [1.82, 2.24) is 0 Å². The lowest BCUT2D eigenvalue weighted by Gasteiger charge is -2.51. The van der Waals surface area contributed by atoms with Crippen molar-refractivity contribution in [3.05, 3.63) is 0 Å². The summed E-state index contributed by atoms with van der Waals surface area (Å²) in [6, 6.07) is 0. The Bertz CT molecular complexity index is 1750. The SMILES string of the molecule is COC[C@H]1O[C@@H](O[C@H]2[C@H](OC)[C@@H](OC)[C@H](O[C@H]3[C@H](O)[C@@H](O)[C@H](O[C@H]4[C@H](O)[C@@H](O)[C@H](O[C@H]5[C@H](OC)[C@@H](OC)[C@H](O[C@H]6[C@H](OC)[C@@H](OC)C(OC)O[C@@H]6COC)O[C@@H]5COC)O[C@@H]4CO)O[C@@H]3CO)O[C@@H]2COC)[C@H](OC)[C@@H](OC)[C@@H]1OC. The van der Waals surface area contributed by atoms with E-state index in [0.717, 1.165) is 0 Å². The van der Waals surface area contributed by atoms with Crippen LogP contribution in [0, 0.1) is 0 Å². The average molecular weight is 1190 g/mol. The maximum atomic E-state index is 11.8. The Kier molecular flexibility index (Phi) is 28.2. The lowest BCUT2D eigenvalue weighted by Crippen LogP contribution is -2.69. The van der Waals surface area contributed by atoms with Gasteiger partial charge in [-0.1, -0.05) is 0 Å². The molecule has 6 aliphatic heterocycles. The van der Waals surface area contributed by atoms with E-state index in [4.69, 9.17) is 118 Å². The highest BCUT2D eigenvalue weighted by atomic mass is 16.8. The van der Waals surface area contributed by atoms with Gasteiger partial charge in [0.2, 0.25) is 0 Å². The second-order valence-corrected chi connectivity index (χ2v) is 19.9. The molecule has 1 unspecified atom stereocenters. The standard InChI is InChI=1S/C50H90O31/c1-57-17-23-33(61-5)37(62-6)42(67-11)49(74-23)81-36-26(20-60-4)75-48(43(68-12)40(36)65-9)78-32-22(16-52)71-45(29(55)28(32)54)77-31-21(15-51)72-46(30(56)27(31)53)79-34-25(19-59-3)76-50(44(69-13)39(34)64-8)80-35-24(18-58-2)73-47(70-14)41(66-10)38(35)63-7/h21-56H,15-20H2,1-14H3/t21-,22-,23-,24-,25-,26-,27-,28-,29-,30-,31-,32-,33-,34-,35-,36-,37+,38+,39+,40+,41-,42-,43-,44-,45+,46+,47?,48+,49+,50+/m1/s1. The second kappa shape index (κ2) is 33.2. The highest BCUT2D eigenvalue weighted by molar-refractivity contribution is 5.01. The molecule has 0 bridgehead atoms. The Morgan fingerprint density at radius 1 is 0.235 bits per heavy atom. The van der Waals surface area contributed by atoms with E-state index in [0.29, 0.717) is 0 Å². The predicted molar refractivity (Wildman–Crippen MR) is 266 cm³/mol. The summed E-state index contributed by atoms with van der Waals surface area (Å²) in [6.07, 6.45) is -36.1. The molecule has 6 aliphatic rings. The highest BCUT2D eigenvalue weighted by Gasteiger charge is 2.59. The van der Waals surface area contributed by atoms with Crippen LogP contribution in [0.25, 0.3) is 0 Å². The topological polar surface area (TPSA) is 352 Å². The van der Waals surface area contributed by atoms with Gasteiger partial charge in [0.05, 0.1) is 39.6 Å². The summed E-state index contributed by atoms with van der Waals surface area (Å²) in [5.74, 6) is 0. The normalized spacial score (nSPS) is 46.2. The summed E-state index contributed by atoms with van der Waals surface area (Å²) < 4.78 is 150. The minimum Gasteiger partial charge on any atom is -0.394 e. The Labute approximate surface area is 471 Å². The smallest absolute Gasteiger partial charge is 0.187 e. The minimum absolute atomic E-state index is 0.0683. The van der Waals surface area contributed by atoms with Crippen molar-refractivity contribution < 1.29 is 149 Å². The van der Waals surface area contributed by atoms with E-state index < -0.39 is 197 Å². The van der Waals surface area contributed by atoms with Gasteiger partial charge < -0.3 is 149 Å². The maximum Gasteiger partial charge on any atom is 0.187 e. The molecule has 0 spiro atoms. The highest BCUT2D eigenvalue weighted by Crippen LogP contribution is 2.39. The van der Waals surface area contributed by atoms with Crippen LogP contribution >= 0.6 is 0 Å². The molecular weight excluding hydrogens is 1100 g/mol. The number of hydrogen-bond acceptors (Lipinski definition) is 31. The fourth-order valence-electron chi connectivity index (χ4n) is 11.5. The van der Waals surface area contributed by atoms with Crippen LogP contribution in [0.15, 0.2) is 0 Å². The number of aliphatic hydroxyl groups is 6. The molecule has 6 N–H and O–H groups in total. The number of aliphatic hydroxyl groups excluding tert-OH is 6. The van der Waals surface area contributed by atoms with E-state index in [1.165, 1.54) is 99.5 Å². The monoisotopic (exact) mass is 1190 g/mol. The summed E-state index contributed by atoms with van der Waals surface area (Å²) in [6.45, 7) is -1.66. The first-order valence-corrected chi connectivity index (χ1v) is 26.5. The van der Waals surface area contributed by atoms with Crippen LogP contribution in [0.4, 0.5) is 0 Å². The largest absolute Gasteiger partial charge is 0.394 e. The van der Waals surface area contributed by atoms with Crippen molar-refractivity contribution in [3.63, 3.8) is 0 Å². The number of hydrogen-bond donors (Lipinski definition) is 6. The van der Waals surface area contributed by atoms with Gasteiger partial charge in [0.1, 0.15) is 146 Å². The molecule has 0 aliphatic carbocycles. The van der Waals surface area contributed by atoms with Crippen LogP contribution in [0.5, 0.6) is 0 Å². The summed E-state index contributed by atoms with van der Waals surface area (Å²) in [7, 11) is 20.4. The van der Waals surface area contributed by atoms with Crippen molar-refractivity contribution in [2.24, 2.45) is 0 Å². The third-order valence-electron chi connectivity index (χ3n) is 15.5. The van der Waals surface area contributed by atoms with E-state index in [2.05, 4.69) is 0 Å². The molecule has 0 aromatic carbocycles. The van der Waals surface area contributed by atoms with E-state index in [9.17, 15) is 30.6 Å². The zero-order valence-electron chi connectivity index (χ0n) is 48.5. The summed E-state index contributed by atoms with van der Waals surface area (Å²) in [5, 5.41) is 68.2. The molecule has 0 saturated carbocycles. The van der Waals surface area contributed by atoms with Gasteiger partial charge in [-0.05, 0) is 0 Å². The zero-order chi connectivity index (χ0) is 59.2. The van der Waals surface area contributed by atoms with Gasteiger partial charge in [-0.2, -0.15) is 0 Å². The Morgan fingerprint density at radius 3 is 0.753 bits per heavy atom. The molecular formula is C50H90O31. The molecule has 0 aromatic rings. The zero-order valence-corrected chi connectivity index (χ0v) is 48.5. The Hall–Kier alpha value is -1.24. The summed E-state index contributed by atoms with van der Waals surface area (Å²) >= 11 is 0. The number of rotatable bonds is 30. The summed E-state index contributed by atoms with van der Waals surface area (Å²) in [5.41, 5.74) is 0. The second-order valence-electron chi connectivity index (χ2n) is 19.9. The molecule has 6 saturated heterocycles. The van der Waals surface area contributed by atoms with Gasteiger partial charge in [-0.15, -0.1) is 0 Å². The van der Waals surface area contributed by atoms with Crippen LogP contribution < -0.4 is 0 Å². The van der Waals surface area contributed by atoms with Crippen molar-refractivity contribution in [3.8, 4) is 0 Å². The molecule has 31 heteroatoms. The van der Waals surface area contributed by atoms with Crippen LogP contribution in [0.1, 0.15) is 0 Å². The molecule has 6 fully saturated rings. The van der Waals surface area contributed by atoms with Crippen molar-refractivity contribution in [2.45, 2.75) is 184 Å². The van der Waals surface area contributed by atoms with Gasteiger partial charge in [0.15, 0.2) is 37.7 Å². The number of methoxy groups -OCH3 is 14. The molecule has 0 aromatic heterocycles. The fourth-order valence-corrected chi connectivity index (χ4v) is 11.5. The Morgan fingerprint density at radius 2 is 0.469 bits per heavy atom. The number of ether oxygens (including phenoxy) is 25. The third kappa shape index (κ3) is 15.2. The minimum atomic E-state index is -1.97. The first kappa shape index (κ1) is 68.9. The third-order valence-corrected chi connectivity index (χ3v) is 15.5. The van der Waals surface area contributed by atoms with E-state index >= 15 is 0 Å². The van der Waals surface area contributed by atoms with Crippen LogP contribution in [-0.4, -0.2) is 354 Å². The molecule has 0 radical (unpaired) electrons. The lowest BCUT2D eigenvalue weighted by molar-refractivity contribution is -0.399. The first-order chi connectivity index (χ1) is 39.1. The van der Waals surface area contributed by atoms with E-state index in [-0.39, 0.29) is 26.4 Å². The van der Waals surface area contributed by atoms with Gasteiger partial charge in [-0.25, -0.2) is 0 Å². The Balaban J connectivity index is 1.15. The van der Waals surface area contributed by atoms with Crippen LogP contribution in [-0.2, 0) is 118 Å². The van der Waals surface area contributed by atoms with E-state index in [1.807, 2.05) is 0 Å². The van der Waals surface area contributed by atoms with Gasteiger partial charge >= 0.3 is 0 Å². The van der Waals surface area contributed by atoms with Gasteiger partial charge in [0.25, 0.3) is 0 Å². The maximum absolute atomic E-state index is 11.8. The molecule has 476 valence electrons. The molecule has 0 amide bonds. The molecule has 81 heavy (non-hydrogen) atoms. The molecule has 30 atom stereocenters. The van der Waals surface area contributed by atoms with Crippen molar-refractivity contribution in [2.75, 3.05) is 139 Å². The van der Waals surface area contributed by atoms with Crippen LogP contribution in [0.2, 0.25) is 0 Å². The molecule has 6 rings (SSSR count). The fraction of sp³-hybridized carbons (Fsp3) is 1.00. The van der Waals surface area contributed by atoms with E-state index in [1.54, 1.807) is 0 Å². The molecule has 6 heterocycles. The quantitative estimate of drug-likeness (QED) is 0.0392. The summed E-state index contributed by atoms with van der Waals surface area (Å²) in [4.78, 5) is 0. The van der Waals surface area contributed by atoms with Gasteiger partial charge in [0, 0.05) is 99.5 Å².